The third-order valence-electron chi connectivity index (χ3n) is 0. The molecule has 4 nitrogen and oxygen atoms in total. The molecule has 0 N–H and O–H groups in total. The van der Waals surface area contributed by atoms with Gasteiger partial charge in [0.1, 0.15) is 0 Å². The van der Waals surface area contributed by atoms with Crippen molar-refractivity contribution in [3.8, 4) is 0 Å². The van der Waals surface area contributed by atoms with Gasteiger partial charge in [-0.25, -0.2) is 0 Å². The van der Waals surface area contributed by atoms with Crippen LogP contribution in [0.25, 0.3) is 0 Å². The van der Waals surface area contributed by atoms with E-state index in [1.54, 1.807) is 0 Å². The van der Waals surface area contributed by atoms with Crippen LogP contribution in [0.3, 0.4) is 0 Å². The maximum absolute atomic E-state index is 8.25. The Bertz CT molecular complexity index is 33.8. The molecule has 0 unspecified atom stereocenters. The molecular formula is BNO3Rb. The van der Waals surface area contributed by atoms with E-state index in [0.717, 1.165) is 0 Å². The van der Waals surface area contributed by atoms with E-state index in [1.165, 1.54) is 0 Å². The van der Waals surface area contributed by atoms with E-state index in [1.807, 2.05) is 0 Å². The molecule has 6 heteroatoms. The van der Waals surface area contributed by atoms with Crippen LogP contribution in [-0.4, -0.2) is 13.5 Å². The van der Waals surface area contributed by atoms with Gasteiger partial charge in [0.25, 0.3) is 0 Å². The molecule has 0 rings (SSSR count). The van der Waals surface area contributed by atoms with E-state index in [0.29, 0.717) is 0 Å². The Balaban J connectivity index is -0.0000000450. The first-order valence-electron chi connectivity index (χ1n) is 0.548. The Morgan fingerprint density at radius 2 is 1.33 bits per heavy atom. The van der Waals surface area contributed by atoms with Crippen molar-refractivity contribution >= 4 is 8.41 Å². The van der Waals surface area contributed by atoms with Crippen LogP contribution in [0, 0.1) is 15.3 Å². The van der Waals surface area contributed by atoms with Gasteiger partial charge in [0.15, 0.2) is 0 Å². The summed E-state index contributed by atoms with van der Waals surface area (Å²) in [5, 5.41) is 14.8. The van der Waals surface area contributed by atoms with Crippen LogP contribution in [0.15, 0.2) is 0 Å². The van der Waals surface area contributed by atoms with Gasteiger partial charge < -0.3 is 15.3 Å². The maximum atomic E-state index is 8.25. The second kappa shape index (κ2) is 9.42. The van der Waals surface area contributed by atoms with Crippen LogP contribution in [0.2, 0.25) is 0 Å². The minimum absolute atomic E-state index is 0. The van der Waals surface area contributed by atoms with Crippen LogP contribution in [-0.2, 0) is 0 Å². The minimum atomic E-state index is -1.75. The Kier molecular flexibility index (Phi) is 24.7. The first kappa shape index (κ1) is 15.7. The summed E-state index contributed by atoms with van der Waals surface area (Å²) in [6, 6.07) is 0. The van der Waals surface area contributed by atoms with Gasteiger partial charge in [0.2, 0.25) is 0 Å². The van der Waals surface area contributed by atoms with E-state index in [9.17, 15) is 0 Å². The van der Waals surface area contributed by atoms with Crippen molar-refractivity contribution in [1.29, 1.82) is 0 Å². The molecule has 0 saturated carbocycles. The molecule has 0 bridgehead atoms. The summed E-state index contributed by atoms with van der Waals surface area (Å²) in [6.07, 6.45) is 0. The number of hydrogen-bond donors (Lipinski definition) is 0. The van der Waals surface area contributed by atoms with E-state index in [2.05, 4.69) is 0 Å². The molecule has 0 saturated heterocycles. The quantitative estimate of drug-likeness (QED) is 0.208. The molecule has 0 aliphatic rings. The average Bonchev–Trinajstić information content (AvgIpc) is 0.811. The summed E-state index contributed by atoms with van der Waals surface area (Å²) in [4.78, 5) is 8.25. The van der Waals surface area contributed by atoms with E-state index in [4.69, 9.17) is 15.3 Å². The van der Waals surface area contributed by atoms with Crippen LogP contribution in [0.5, 0.6) is 0 Å². The van der Waals surface area contributed by atoms with Gasteiger partial charge >= 0.3 is 58.2 Å². The zero-order valence-corrected chi connectivity index (χ0v) is 8.17. The summed E-state index contributed by atoms with van der Waals surface area (Å²) in [7, 11) is 0. The normalized spacial score (nSPS) is 4.00. The fraction of sp³-hybridized carbons (Fsp3) is 0. The van der Waals surface area contributed by atoms with Crippen molar-refractivity contribution in [2.75, 3.05) is 0 Å². The zero-order chi connectivity index (χ0) is 3.58. The average molecular weight is 158 g/mol. The first-order chi connectivity index (χ1) is 1.73. The van der Waals surface area contributed by atoms with Crippen molar-refractivity contribution in [2.24, 2.45) is 0 Å². The zero-order valence-electron chi connectivity index (χ0n) is 3.25. The van der Waals surface area contributed by atoms with Crippen molar-refractivity contribution in [2.45, 2.75) is 0 Å². The minimum Gasteiger partial charge on any atom is -0.356 e. The number of hydrogen-bond acceptors (Lipinski definition) is 3. The number of rotatable bonds is 0. The molecule has 6 heavy (non-hydrogen) atoms. The summed E-state index contributed by atoms with van der Waals surface area (Å²) in [5.74, 6) is 0. The Labute approximate surface area is 85.4 Å². The molecule has 0 aromatic heterocycles. The van der Waals surface area contributed by atoms with Crippen LogP contribution < -0.4 is 58.2 Å². The van der Waals surface area contributed by atoms with E-state index in [-0.39, 0.29) is 66.6 Å². The van der Waals surface area contributed by atoms with Gasteiger partial charge in [-0.1, -0.05) is 0 Å². The van der Waals surface area contributed by atoms with Crippen molar-refractivity contribution in [3.63, 3.8) is 0 Å². The molecule has 3 radical (unpaired) electrons. The van der Waals surface area contributed by atoms with Gasteiger partial charge in [0.05, 0.1) is 5.09 Å². The monoisotopic (exact) mass is 158 g/mol. The van der Waals surface area contributed by atoms with E-state index < -0.39 is 5.09 Å². The van der Waals surface area contributed by atoms with Crippen molar-refractivity contribution < 1.29 is 63.3 Å². The molecule has 0 amide bonds. The van der Waals surface area contributed by atoms with Crippen molar-refractivity contribution in [3.05, 3.63) is 15.3 Å². The first-order valence-corrected chi connectivity index (χ1v) is 0.548. The van der Waals surface area contributed by atoms with Crippen LogP contribution >= 0.6 is 0 Å². The fourth-order valence-electron chi connectivity index (χ4n) is 0. The molecule has 0 atom stereocenters. The SMILES string of the molecule is O=[N+]([O-])[O-].[B].[Rb+]. The summed E-state index contributed by atoms with van der Waals surface area (Å²) >= 11 is 0. The van der Waals surface area contributed by atoms with Gasteiger partial charge in [0, 0.05) is 8.41 Å². The molecule has 0 aromatic rings. The third-order valence-corrected chi connectivity index (χ3v) is 0. The third kappa shape index (κ3) is 73.3. The Morgan fingerprint density at radius 1 is 1.33 bits per heavy atom. The van der Waals surface area contributed by atoms with E-state index >= 15 is 0 Å². The molecule has 0 aliphatic heterocycles. The Hall–Kier alpha value is 1.07. The summed E-state index contributed by atoms with van der Waals surface area (Å²) in [5.41, 5.74) is 0. The molecule has 0 fully saturated rings. The van der Waals surface area contributed by atoms with Crippen LogP contribution in [0.4, 0.5) is 0 Å². The van der Waals surface area contributed by atoms with Gasteiger partial charge in [-0.15, -0.1) is 0 Å². The largest absolute Gasteiger partial charge is 1.00 e. The van der Waals surface area contributed by atoms with Crippen LogP contribution in [0.1, 0.15) is 0 Å². The van der Waals surface area contributed by atoms with Gasteiger partial charge in [-0.2, -0.15) is 0 Å². The molecule has 0 spiro atoms. The smallest absolute Gasteiger partial charge is 0.356 e. The molecule has 0 aliphatic carbocycles. The predicted molar refractivity (Wildman–Crippen MR) is 16.1 cm³/mol. The summed E-state index contributed by atoms with van der Waals surface area (Å²) < 4.78 is 0. The molecule has 27 valence electrons. The Morgan fingerprint density at radius 3 is 1.33 bits per heavy atom. The second-order valence-corrected chi connectivity index (χ2v) is 0.224. The summed E-state index contributed by atoms with van der Waals surface area (Å²) in [6.45, 7) is 0. The molecule has 0 aromatic carbocycles. The predicted octanol–water partition coefficient (Wildman–Crippen LogP) is -3.62. The van der Waals surface area contributed by atoms with Gasteiger partial charge in [-0.3, -0.25) is 0 Å². The number of nitrogens with zero attached hydrogens (tertiary/aromatic N) is 1. The topological polar surface area (TPSA) is 66.2 Å². The van der Waals surface area contributed by atoms with Gasteiger partial charge in [-0.05, 0) is 0 Å². The molecular weight excluding hydrogens is 158 g/mol. The van der Waals surface area contributed by atoms with Crippen molar-refractivity contribution in [1.82, 2.24) is 0 Å². The maximum Gasteiger partial charge on any atom is 1.00 e. The second-order valence-electron chi connectivity index (χ2n) is 0.224. The fourth-order valence-corrected chi connectivity index (χ4v) is 0. The standard InChI is InChI=1S/B.NO3.Rb/c;2-1(3)4;/q;-1;+1. The molecule has 0 heterocycles.